The van der Waals surface area contributed by atoms with Gasteiger partial charge in [0.2, 0.25) is 41.4 Å². The highest BCUT2D eigenvalue weighted by Crippen LogP contribution is 2.28. The van der Waals surface area contributed by atoms with Gasteiger partial charge in [0, 0.05) is 32.4 Å². The van der Waals surface area contributed by atoms with Crippen molar-refractivity contribution >= 4 is 41.4 Å². The second-order valence-electron chi connectivity index (χ2n) is 20.4. The molecule has 0 radical (unpaired) electrons. The van der Waals surface area contributed by atoms with E-state index in [-0.39, 0.29) is 43.7 Å². The Labute approximate surface area is 425 Å². The number of nitrogens with two attached hydrogens (primary N) is 2. The number of likely N-dealkylation sites (tertiary alicyclic amines) is 3. The van der Waals surface area contributed by atoms with Crippen molar-refractivity contribution in [3.05, 3.63) is 29.8 Å². The lowest BCUT2D eigenvalue weighted by atomic mass is 9.93. The van der Waals surface area contributed by atoms with Crippen molar-refractivity contribution < 1.29 is 79.5 Å². The Morgan fingerprint density at radius 3 is 1.90 bits per heavy atom. The summed E-state index contributed by atoms with van der Waals surface area (Å²) in [7, 11) is 0. The SMILES string of the molecule is CC(C)CC(C)CCCCCCCCC(=O)N1C(O)[C@H](O)C[C@@H]1C(=O)N[C@H](C(=O)N1C[C@H](O)C[C@H]1C(=O)N[C@H](C(=O)N[C@H](C(=O)N1CC[C@H](O)[C@H]1C(N)=O)[C@H](O)CCN)[C@H](O)[C@@H](O)c1ccc(O)cc1)[C@@H](C)O. The average Bonchev–Trinajstić information content (AvgIpc) is 4.02. The first-order valence-electron chi connectivity index (χ1n) is 25.5. The number of β-amino-alcohol motifs (C(OH)–C–C–N with tert-alkyl or cyclic N) is 1. The van der Waals surface area contributed by atoms with Gasteiger partial charge in [-0.3, -0.25) is 33.6 Å². The van der Waals surface area contributed by atoms with Crippen LogP contribution in [-0.2, 0) is 33.6 Å². The zero-order valence-corrected chi connectivity index (χ0v) is 42.2. The monoisotopic (exact) mass is 1040 g/mol. The fraction of sp³-hybridized carbons (Fsp3) is 0.735. The summed E-state index contributed by atoms with van der Waals surface area (Å²) in [6, 6.07) is -6.05. The van der Waals surface area contributed by atoms with Gasteiger partial charge in [-0.05, 0) is 68.7 Å². The van der Waals surface area contributed by atoms with E-state index in [9.17, 15) is 79.5 Å². The first-order valence-corrected chi connectivity index (χ1v) is 25.5. The summed E-state index contributed by atoms with van der Waals surface area (Å²) >= 11 is 0. The fourth-order valence-electron chi connectivity index (χ4n) is 10.1. The van der Waals surface area contributed by atoms with E-state index in [1.165, 1.54) is 18.6 Å². The number of nitrogens with one attached hydrogen (secondary N) is 3. The summed E-state index contributed by atoms with van der Waals surface area (Å²) in [4.78, 5) is 98.9. The summed E-state index contributed by atoms with van der Waals surface area (Å²) in [5, 5.41) is 104. The number of aliphatic hydroxyl groups excluding tert-OH is 8. The number of aliphatic hydroxyl groups is 8. The summed E-state index contributed by atoms with van der Waals surface area (Å²) in [6.45, 7) is 6.82. The highest BCUT2D eigenvalue weighted by atomic mass is 16.4. The Hall–Kier alpha value is -5.05. The molecule has 15 atom stereocenters. The molecule has 24 heteroatoms. The van der Waals surface area contributed by atoms with Crippen LogP contribution >= 0.6 is 0 Å². The molecule has 3 heterocycles. The molecule has 1 aromatic rings. The van der Waals surface area contributed by atoms with Gasteiger partial charge >= 0.3 is 0 Å². The molecule has 7 amide bonds. The molecule has 412 valence electrons. The van der Waals surface area contributed by atoms with Gasteiger partial charge in [0.15, 0.2) is 6.23 Å². The first kappa shape index (κ1) is 60.5. The maximum absolute atomic E-state index is 14.3. The number of aromatic hydroxyl groups is 1. The average molecular weight is 1040 g/mol. The minimum absolute atomic E-state index is 0.0382. The molecule has 0 aliphatic carbocycles. The summed E-state index contributed by atoms with van der Waals surface area (Å²) < 4.78 is 0. The van der Waals surface area contributed by atoms with Crippen molar-refractivity contribution in [3.63, 3.8) is 0 Å². The van der Waals surface area contributed by atoms with Crippen molar-refractivity contribution in [1.82, 2.24) is 30.7 Å². The molecule has 0 bridgehead atoms. The highest BCUT2D eigenvalue weighted by molar-refractivity contribution is 5.98. The molecular weight excluding hydrogens is 957 g/mol. The molecular formula is C49H80N8O16. The molecule has 3 fully saturated rings. The lowest BCUT2D eigenvalue weighted by Crippen LogP contribution is -2.64. The molecule has 0 saturated carbocycles. The number of benzene rings is 1. The van der Waals surface area contributed by atoms with Gasteiger partial charge in [-0.15, -0.1) is 0 Å². The second-order valence-corrected chi connectivity index (χ2v) is 20.4. The zero-order chi connectivity index (χ0) is 54.4. The first-order chi connectivity index (χ1) is 34.4. The van der Waals surface area contributed by atoms with Crippen LogP contribution in [0.25, 0.3) is 0 Å². The molecule has 0 spiro atoms. The van der Waals surface area contributed by atoms with E-state index < -0.39 is 146 Å². The van der Waals surface area contributed by atoms with Gasteiger partial charge in [-0.2, -0.15) is 0 Å². The number of phenols is 1. The molecule has 3 aliphatic rings. The fourth-order valence-corrected chi connectivity index (χ4v) is 10.1. The topological polar surface area (TPSA) is 399 Å². The Kier molecular flexibility index (Phi) is 23.2. The molecule has 3 saturated heterocycles. The third-order valence-corrected chi connectivity index (χ3v) is 14.0. The predicted molar refractivity (Wildman–Crippen MR) is 260 cm³/mol. The van der Waals surface area contributed by atoms with Gasteiger partial charge in [0.25, 0.3) is 0 Å². The summed E-state index contributed by atoms with van der Waals surface area (Å²) in [6.07, 6.45) is -7.57. The van der Waals surface area contributed by atoms with E-state index in [0.717, 1.165) is 72.3 Å². The third kappa shape index (κ3) is 16.2. The van der Waals surface area contributed by atoms with Crippen molar-refractivity contribution in [2.75, 3.05) is 19.6 Å². The third-order valence-electron chi connectivity index (χ3n) is 14.0. The largest absolute Gasteiger partial charge is 0.508 e. The van der Waals surface area contributed by atoms with Gasteiger partial charge in [-0.1, -0.05) is 71.4 Å². The van der Waals surface area contributed by atoms with E-state index >= 15 is 0 Å². The van der Waals surface area contributed by atoms with E-state index in [1.54, 1.807) is 0 Å². The molecule has 16 N–H and O–H groups in total. The van der Waals surface area contributed by atoms with Crippen LogP contribution in [0.5, 0.6) is 5.75 Å². The standard InChI is InChI=1S/C49H80N8O16/c1-25(2)21-26(3)11-9-7-5-6-8-10-12-36(64)57-32(23-35(63)47(57)71)45(69)52-37(27(4)58)48(72)56-24-30(60)22-31(56)44(68)54-39(42(66)41(65)28-13-15-29(59)16-14-28)46(70)53-38(33(61)17-19-50)49(73)55-20-18-34(62)40(55)43(51)67/h13-16,25-27,30-35,37-42,47,58-63,65-66,71H,5-12,17-24,50H2,1-4H3,(H2,51,67)(H,52,69)(H,53,70)(H,54,68)/t26?,27-,30-,31+,32-,33-,34+,35-,37+,38+,39+,40+,41+,42+,47?/m1/s1. The number of hydrogen-bond donors (Lipinski definition) is 14. The van der Waals surface area contributed by atoms with Crippen molar-refractivity contribution in [3.8, 4) is 5.75 Å². The second kappa shape index (κ2) is 28.0. The number of amides is 7. The molecule has 24 nitrogen and oxygen atoms in total. The van der Waals surface area contributed by atoms with E-state index in [0.29, 0.717) is 18.3 Å². The molecule has 0 aromatic heterocycles. The van der Waals surface area contributed by atoms with Crippen LogP contribution in [0, 0.1) is 11.8 Å². The van der Waals surface area contributed by atoms with Gasteiger partial charge in [0.1, 0.15) is 60.3 Å². The minimum Gasteiger partial charge on any atom is -0.508 e. The van der Waals surface area contributed by atoms with Crippen LogP contribution in [0.4, 0.5) is 0 Å². The number of phenolic OH excluding ortho intramolecular Hbond substituents is 1. The van der Waals surface area contributed by atoms with Gasteiger partial charge in [0.05, 0.1) is 24.4 Å². The lowest BCUT2D eigenvalue weighted by molar-refractivity contribution is -0.151. The van der Waals surface area contributed by atoms with Crippen LogP contribution in [0.15, 0.2) is 24.3 Å². The number of hydrogen-bond acceptors (Lipinski definition) is 17. The minimum atomic E-state index is -2.29. The highest BCUT2D eigenvalue weighted by Gasteiger charge is 2.50. The summed E-state index contributed by atoms with van der Waals surface area (Å²) in [5.74, 6) is -6.48. The Morgan fingerprint density at radius 1 is 0.712 bits per heavy atom. The molecule has 73 heavy (non-hydrogen) atoms. The Morgan fingerprint density at radius 2 is 1.30 bits per heavy atom. The lowest BCUT2D eigenvalue weighted by Gasteiger charge is -2.34. The number of carbonyl (C=O) groups excluding carboxylic acids is 7. The van der Waals surface area contributed by atoms with Crippen LogP contribution in [-0.4, -0.2) is 201 Å². The molecule has 3 aliphatic heterocycles. The van der Waals surface area contributed by atoms with Crippen molar-refractivity contribution in [1.29, 1.82) is 0 Å². The normalized spacial score (nSPS) is 25.3. The van der Waals surface area contributed by atoms with Crippen molar-refractivity contribution in [2.24, 2.45) is 23.3 Å². The zero-order valence-electron chi connectivity index (χ0n) is 42.2. The maximum Gasteiger partial charge on any atom is 0.248 e. The van der Waals surface area contributed by atoms with Crippen LogP contribution in [0.3, 0.4) is 0 Å². The Bertz CT molecular complexity index is 2020. The van der Waals surface area contributed by atoms with Crippen LogP contribution < -0.4 is 27.4 Å². The maximum atomic E-state index is 14.3. The Balaban J connectivity index is 1.52. The number of unbranched alkanes of at least 4 members (excludes halogenated alkanes) is 5. The van der Waals surface area contributed by atoms with Crippen LogP contribution in [0.1, 0.15) is 123 Å². The molecule has 4 rings (SSSR count). The number of primary amides is 1. The smallest absolute Gasteiger partial charge is 0.248 e. The molecule has 2 unspecified atom stereocenters. The predicted octanol–water partition coefficient (Wildman–Crippen LogP) is -3.18. The van der Waals surface area contributed by atoms with E-state index in [2.05, 4.69) is 36.7 Å². The van der Waals surface area contributed by atoms with Gasteiger partial charge in [-0.25, -0.2) is 0 Å². The number of rotatable bonds is 27. The van der Waals surface area contributed by atoms with E-state index in [4.69, 9.17) is 11.5 Å². The number of nitrogens with zero attached hydrogens (tertiary/aromatic N) is 3. The van der Waals surface area contributed by atoms with Gasteiger partial charge < -0.3 is 88.1 Å². The van der Waals surface area contributed by atoms with E-state index in [1.807, 2.05) is 0 Å². The molecule has 1 aromatic carbocycles. The summed E-state index contributed by atoms with van der Waals surface area (Å²) in [5.41, 5.74) is 11.0. The van der Waals surface area contributed by atoms with Crippen LogP contribution in [0.2, 0.25) is 0 Å². The van der Waals surface area contributed by atoms with Crippen molar-refractivity contribution in [2.45, 2.75) is 196 Å². The number of carbonyl (C=O) groups is 7. The quantitative estimate of drug-likeness (QED) is 0.0387.